The maximum Gasteiger partial charge on any atom is 0.490 e. The lowest BCUT2D eigenvalue weighted by atomic mass is 10.1. The second-order valence-corrected chi connectivity index (χ2v) is 8.17. The third-order valence-electron chi connectivity index (χ3n) is 5.51. The Labute approximate surface area is 184 Å². The first kappa shape index (κ1) is 24.0. The van der Waals surface area contributed by atoms with Crippen LogP contribution in [0.3, 0.4) is 0 Å². The average molecular weight is 459 g/mol. The highest BCUT2D eigenvalue weighted by atomic mass is 19.4. The number of hydrogen-bond acceptors (Lipinski definition) is 7. The molecule has 1 aromatic heterocycles. The van der Waals surface area contributed by atoms with Crippen molar-refractivity contribution in [2.75, 3.05) is 63.3 Å². The molecule has 3 heterocycles. The number of halogens is 3. The van der Waals surface area contributed by atoms with E-state index in [0.29, 0.717) is 5.91 Å². The minimum Gasteiger partial charge on any atom is -0.475 e. The van der Waals surface area contributed by atoms with Crippen LogP contribution in [0.1, 0.15) is 24.1 Å². The molecule has 178 valence electrons. The Bertz CT molecular complexity index is 839. The van der Waals surface area contributed by atoms with Gasteiger partial charge in [0.1, 0.15) is 5.82 Å². The van der Waals surface area contributed by atoms with Crippen LogP contribution in [-0.4, -0.2) is 91.5 Å². The van der Waals surface area contributed by atoms with Crippen molar-refractivity contribution in [3.05, 3.63) is 11.3 Å². The standard InChI is InChI=1S/C18H27N5O2.C2HF3O2/c1-21(2)16-14-5-7-22(17(24)13-3-4-13)8-6-15(14)19-18(20-16)23-9-11-25-12-10-23;3-2(4,5)1(6)7/h13H,3-12H2,1-2H3;(H,6,7). The number of carbonyl (C=O) groups is 2. The minimum absolute atomic E-state index is 0.282. The maximum absolute atomic E-state index is 12.5. The Hall–Kier alpha value is -2.63. The van der Waals surface area contributed by atoms with E-state index in [4.69, 9.17) is 24.6 Å². The molecule has 0 unspecified atom stereocenters. The largest absolute Gasteiger partial charge is 0.490 e. The number of carbonyl (C=O) groups excluding carboxylic acids is 1. The number of aliphatic carboxylic acids is 1. The molecule has 2 aliphatic heterocycles. The minimum atomic E-state index is -5.08. The lowest BCUT2D eigenvalue weighted by Crippen LogP contribution is -2.38. The summed E-state index contributed by atoms with van der Waals surface area (Å²) in [5, 5.41) is 7.12. The molecule has 1 amide bonds. The number of fused-ring (bicyclic) bond motifs is 1. The number of hydrogen-bond donors (Lipinski definition) is 1. The number of alkyl halides is 3. The van der Waals surface area contributed by atoms with E-state index in [1.165, 1.54) is 5.56 Å². The van der Waals surface area contributed by atoms with Gasteiger partial charge in [-0.3, -0.25) is 4.79 Å². The predicted octanol–water partition coefficient (Wildman–Crippen LogP) is 1.35. The molecule has 0 radical (unpaired) electrons. The van der Waals surface area contributed by atoms with E-state index in [1.54, 1.807) is 0 Å². The second-order valence-electron chi connectivity index (χ2n) is 8.17. The molecule has 1 saturated heterocycles. The number of amides is 1. The van der Waals surface area contributed by atoms with Gasteiger partial charge in [0.05, 0.1) is 18.9 Å². The van der Waals surface area contributed by atoms with Gasteiger partial charge >= 0.3 is 12.1 Å². The zero-order valence-electron chi connectivity index (χ0n) is 18.2. The van der Waals surface area contributed by atoms with Crippen LogP contribution in [0.15, 0.2) is 0 Å². The number of carboxylic acid groups (broad SMARTS) is 1. The monoisotopic (exact) mass is 459 g/mol. The van der Waals surface area contributed by atoms with Crippen LogP contribution in [-0.2, 0) is 27.2 Å². The second kappa shape index (κ2) is 9.88. The van der Waals surface area contributed by atoms with E-state index < -0.39 is 12.1 Å². The molecule has 1 N–H and O–H groups in total. The molecule has 0 bridgehead atoms. The van der Waals surface area contributed by atoms with E-state index >= 15 is 0 Å². The fraction of sp³-hybridized carbons (Fsp3) is 0.700. The van der Waals surface area contributed by atoms with Crippen molar-refractivity contribution < 1.29 is 32.6 Å². The van der Waals surface area contributed by atoms with Crippen LogP contribution < -0.4 is 9.80 Å². The highest BCUT2D eigenvalue weighted by molar-refractivity contribution is 5.81. The summed E-state index contributed by atoms with van der Waals surface area (Å²) >= 11 is 0. The molecule has 4 rings (SSSR count). The number of nitrogens with zero attached hydrogens (tertiary/aromatic N) is 5. The molecule has 3 aliphatic rings. The lowest BCUT2D eigenvalue weighted by Gasteiger charge is -2.28. The van der Waals surface area contributed by atoms with Gasteiger partial charge in [0.2, 0.25) is 11.9 Å². The Morgan fingerprint density at radius 3 is 2.19 bits per heavy atom. The van der Waals surface area contributed by atoms with E-state index in [9.17, 15) is 18.0 Å². The quantitative estimate of drug-likeness (QED) is 0.723. The van der Waals surface area contributed by atoms with Crippen LogP contribution in [0, 0.1) is 5.92 Å². The summed E-state index contributed by atoms with van der Waals surface area (Å²) in [7, 11) is 4.06. The Morgan fingerprint density at radius 2 is 1.66 bits per heavy atom. The van der Waals surface area contributed by atoms with Crippen LogP contribution >= 0.6 is 0 Å². The normalized spacial score (nSPS) is 18.8. The van der Waals surface area contributed by atoms with Crippen molar-refractivity contribution in [1.82, 2.24) is 14.9 Å². The van der Waals surface area contributed by atoms with Gasteiger partial charge in [0, 0.05) is 58.2 Å². The molecule has 32 heavy (non-hydrogen) atoms. The summed E-state index contributed by atoms with van der Waals surface area (Å²) < 4.78 is 37.2. The average Bonchev–Trinajstić information content (AvgIpc) is 3.60. The summed E-state index contributed by atoms with van der Waals surface area (Å²) in [6.45, 7) is 4.66. The Balaban J connectivity index is 0.000000360. The van der Waals surface area contributed by atoms with Crippen molar-refractivity contribution in [3.63, 3.8) is 0 Å². The lowest BCUT2D eigenvalue weighted by molar-refractivity contribution is -0.192. The summed E-state index contributed by atoms with van der Waals surface area (Å²) in [5.74, 6) is -0.350. The highest BCUT2D eigenvalue weighted by Gasteiger charge is 2.38. The summed E-state index contributed by atoms with van der Waals surface area (Å²) in [6.07, 6.45) is -1.31. The van der Waals surface area contributed by atoms with Crippen molar-refractivity contribution >= 4 is 23.6 Å². The van der Waals surface area contributed by atoms with Crippen LogP contribution in [0.2, 0.25) is 0 Å². The van der Waals surface area contributed by atoms with Crippen LogP contribution in [0.25, 0.3) is 0 Å². The molecule has 1 aliphatic carbocycles. The molecule has 1 saturated carbocycles. The molecule has 0 atom stereocenters. The highest BCUT2D eigenvalue weighted by Crippen LogP contribution is 2.32. The molecule has 0 aromatic carbocycles. The zero-order valence-corrected chi connectivity index (χ0v) is 18.2. The molecule has 2 fully saturated rings. The molecule has 12 heteroatoms. The summed E-state index contributed by atoms with van der Waals surface area (Å²) in [5.41, 5.74) is 2.30. The summed E-state index contributed by atoms with van der Waals surface area (Å²) in [4.78, 5) is 37.4. The van der Waals surface area contributed by atoms with Gasteiger partial charge in [-0.15, -0.1) is 0 Å². The zero-order chi connectivity index (χ0) is 23.5. The molecular weight excluding hydrogens is 431 g/mol. The van der Waals surface area contributed by atoms with Gasteiger partial charge in [-0.1, -0.05) is 0 Å². The van der Waals surface area contributed by atoms with E-state index in [-0.39, 0.29) is 5.92 Å². The first-order chi connectivity index (χ1) is 15.1. The molecular formula is C20H28F3N5O4. The molecule has 1 aromatic rings. The number of ether oxygens (including phenoxy) is 1. The van der Waals surface area contributed by atoms with Gasteiger partial charge in [-0.2, -0.15) is 18.2 Å². The smallest absolute Gasteiger partial charge is 0.475 e. The van der Waals surface area contributed by atoms with Gasteiger partial charge in [-0.25, -0.2) is 9.78 Å². The topological polar surface area (TPSA) is 99.1 Å². The molecule has 0 spiro atoms. The predicted molar refractivity (Wildman–Crippen MR) is 110 cm³/mol. The van der Waals surface area contributed by atoms with Crippen molar-refractivity contribution in [2.24, 2.45) is 5.92 Å². The van der Waals surface area contributed by atoms with Crippen LogP contribution in [0.4, 0.5) is 24.9 Å². The Morgan fingerprint density at radius 1 is 1.06 bits per heavy atom. The van der Waals surface area contributed by atoms with E-state index in [0.717, 1.165) is 82.5 Å². The third kappa shape index (κ3) is 5.99. The number of aromatic nitrogens is 2. The number of rotatable bonds is 3. The van der Waals surface area contributed by atoms with Crippen LogP contribution in [0.5, 0.6) is 0 Å². The Kier molecular flexibility index (Phi) is 7.42. The SMILES string of the molecule is CN(C)c1nc(N2CCOCC2)nc2c1CCN(C(=O)C1CC1)CC2.O=C(O)C(F)(F)F. The first-order valence-corrected chi connectivity index (χ1v) is 10.6. The fourth-order valence-corrected chi connectivity index (χ4v) is 3.65. The van der Waals surface area contributed by atoms with Crippen molar-refractivity contribution in [3.8, 4) is 0 Å². The molecule has 9 nitrogen and oxygen atoms in total. The number of anilines is 2. The van der Waals surface area contributed by atoms with Crippen molar-refractivity contribution in [1.29, 1.82) is 0 Å². The summed E-state index contributed by atoms with van der Waals surface area (Å²) in [6, 6.07) is 0. The maximum atomic E-state index is 12.5. The third-order valence-corrected chi connectivity index (χ3v) is 5.51. The van der Waals surface area contributed by atoms with Gasteiger partial charge in [-0.05, 0) is 19.3 Å². The van der Waals surface area contributed by atoms with E-state index in [2.05, 4.69) is 9.80 Å². The van der Waals surface area contributed by atoms with E-state index in [1.807, 2.05) is 19.0 Å². The van der Waals surface area contributed by atoms with Gasteiger partial charge in [0.25, 0.3) is 0 Å². The fourth-order valence-electron chi connectivity index (χ4n) is 3.65. The van der Waals surface area contributed by atoms with Gasteiger partial charge in [0.15, 0.2) is 0 Å². The number of morpholine rings is 1. The number of carboxylic acids is 1. The van der Waals surface area contributed by atoms with Crippen molar-refractivity contribution in [2.45, 2.75) is 31.9 Å². The first-order valence-electron chi connectivity index (χ1n) is 10.6. The van der Waals surface area contributed by atoms with Gasteiger partial charge < -0.3 is 24.5 Å².